The summed E-state index contributed by atoms with van der Waals surface area (Å²) in [6.45, 7) is 6.04. The van der Waals surface area contributed by atoms with Crippen LogP contribution in [0.25, 0.3) is 0 Å². The Morgan fingerprint density at radius 1 is 1.31 bits per heavy atom. The quantitative estimate of drug-likeness (QED) is 0.784. The zero-order valence-electron chi connectivity index (χ0n) is 15.6. The standard InChI is InChI=1S/C20H29N3O3/c1-16-6-2-3-8-18(16)26-13-5-9-19(24)22-11-4-7-17(15-22)23-12-10-21-14-20(23)25/h2-3,6,8,17,21H,4-5,7,9-15H2,1H3. The number of para-hydroxylation sites is 1. The maximum absolute atomic E-state index is 12.5. The van der Waals surface area contributed by atoms with Crippen LogP contribution in [-0.2, 0) is 9.59 Å². The van der Waals surface area contributed by atoms with Gasteiger partial charge in [-0.25, -0.2) is 0 Å². The van der Waals surface area contributed by atoms with E-state index in [2.05, 4.69) is 5.32 Å². The van der Waals surface area contributed by atoms with Gasteiger partial charge in [0.1, 0.15) is 5.75 Å². The molecule has 2 saturated heterocycles. The van der Waals surface area contributed by atoms with Crippen LogP contribution in [0.15, 0.2) is 24.3 Å². The summed E-state index contributed by atoms with van der Waals surface area (Å²) in [5, 5.41) is 3.10. The molecule has 1 aromatic rings. The van der Waals surface area contributed by atoms with Crippen molar-refractivity contribution < 1.29 is 14.3 Å². The molecule has 2 aliphatic rings. The van der Waals surface area contributed by atoms with E-state index in [1.165, 1.54) is 0 Å². The Morgan fingerprint density at radius 3 is 2.96 bits per heavy atom. The van der Waals surface area contributed by atoms with Gasteiger partial charge in [-0.05, 0) is 37.8 Å². The van der Waals surface area contributed by atoms with Gasteiger partial charge in [0.15, 0.2) is 0 Å². The number of likely N-dealkylation sites (tertiary alicyclic amines) is 1. The first-order chi connectivity index (χ1) is 12.6. The second kappa shape index (κ2) is 9.03. The third kappa shape index (κ3) is 4.75. The first kappa shape index (κ1) is 18.7. The summed E-state index contributed by atoms with van der Waals surface area (Å²) >= 11 is 0. The summed E-state index contributed by atoms with van der Waals surface area (Å²) in [5.74, 6) is 1.21. The van der Waals surface area contributed by atoms with Crippen molar-refractivity contribution in [3.63, 3.8) is 0 Å². The Bertz CT molecular complexity index is 634. The van der Waals surface area contributed by atoms with E-state index in [-0.39, 0.29) is 17.9 Å². The summed E-state index contributed by atoms with van der Waals surface area (Å²) in [6, 6.07) is 8.09. The van der Waals surface area contributed by atoms with Crippen LogP contribution in [0.3, 0.4) is 0 Å². The van der Waals surface area contributed by atoms with Crippen molar-refractivity contribution in [3.8, 4) is 5.75 Å². The second-order valence-corrected chi connectivity index (χ2v) is 7.12. The molecule has 26 heavy (non-hydrogen) atoms. The lowest BCUT2D eigenvalue weighted by atomic mass is 10.0. The van der Waals surface area contributed by atoms with Gasteiger partial charge in [0.25, 0.3) is 0 Å². The maximum atomic E-state index is 12.5. The van der Waals surface area contributed by atoms with Crippen LogP contribution in [0, 0.1) is 6.92 Å². The number of hydrogen-bond donors (Lipinski definition) is 1. The Hall–Kier alpha value is -2.08. The molecule has 6 heteroatoms. The molecular weight excluding hydrogens is 330 g/mol. The number of piperazine rings is 1. The minimum absolute atomic E-state index is 0.155. The third-order valence-electron chi connectivity index (χ3n) is 5.20. The van der Waals surface area contributed by atoms with E-state index in [0.717, 1.165) is 43.8 Å². The molecule has 1 N–H and O–H groups in total. The number of nitrogens with zero attached hydrogens (tertiary/aromatic N) is 2. The molecule has 0 bridgehead atoms. The lowest BCUT2D eigenvalue weighted by Gasteiger charge is -2.41. The summed E-state index contributed by atoms with van der Waals surface area (Å²) < 4.78 is 5.77. The van der Waals surface area contributed by atoms with Crippen molar-refractivity contribution in [2.45, 2.75) is 38.6 Å². The predicted molar refractivity (Wildman–Crippen MR) is 100 cm³/mol. The number of aryl methyl sites for hydroxylation is 1. The number of carbonyl (C=O) groups is 2. The van der Waals surface area contributed by atoms with Gasteiger partial charge in [0.2, 0.25) is 11.8 Å². The fourth-order valence-electron chi connectivity index (χ4n) is 3.72. The van der Waals surface area contributed by atoms with E-state index in [1.807, 2.05) is 41.0 Å². The smallest absolute Gasteiger partial charge is 0.236 e. The average Bonchev–Trinajstić information content (AvgIpc) is 2.67. The number of amides is 2. The van der Waals surface area contributed by atoms with Crippen LogP contribution in [-0.4, -0.2) is 67.0 Å². The van der Waals surface area contributed by atoms with Gasteiger partial charge < -0.3 is 19.9 Å². The zero-order chi connectivity index (χ0) is 18.4. The van der Waals surface area contributed by atoms with Gasteiger partial charge in [-0.2, -0.15) is 0 Å². The van der Waals surface area contributed by atoms with Crippen LogP contribution < -0.4 is 10.1 Å². The number of piperidine rings is 1. The van der Waals surface area contributed by atoms with Crippen molar-refractivity contribution in [2.75, 3.05) is 39.3 Å². The maximum Gasteiger partial charge on any atom is 0.236 e. The largest absolute Gasteiger partial charge is 0.493 e. The number of benzene rings is 1. The van der Waals surface area contributed by atoms with Gasteiger partial charge >= 0.3 is 0 Å². The topological polar surface area (TPSA) is 61.9 Å². The molecule has 2 heterocycles. The molecule has 1 aromatic carbocycles. The molecule has 0 spiro atoms. The van der Waals surface area contributed by atoms with Gasteiger partial charge in [0.05, 0.1) is 13.2 Å². The Labute approximate surface area is 155 Å². The molecule has 0 radical (unpaired) electrons. The molecule has 0 saturated carbocycles. The molecular formula is C20H29N3O3. The van der Waals surface area contributed by atoms with Crippen LogP contribution in [0.4, 0.5) is 0 Å². The van der Waals surface area contributed by atoms with Crippen LogP contribution in [0.5, 0.6) is 5.75 Å². The normalized spacial score (nSPS) is 21.0. The predicted octanol–water partition coefficient (Wildman–Crippen LogP) is 1.58. The summed E-state index contributed by atoms with van der Waals surface area (Å²) in [4.78, 5) is 28.5. The molecule has 2 amide bonds. The van der Waals surface area contributed by atoms with E-state index in [4.69, 9.17) is 4.74 Å². The van der Waals surface area contributed by atoms with Crippen molar-refractivity contribution in [1.29, 1.82) is 0 Å². The Morgan fingerprint density at radius 2 is 2.15 bits per heavy atom. The first-order valence-corrected chi connectivity index (χ1v) is 9.61. The average molecular weight is 359 g/mol. The Kier molecular flexibility index (Phi) is 6.50. The van der Waals surface area contributed by atoms with Crippen LogP contribution in [0.1, 0.15) is 31.2 Å². The monoisotopic (exact) mass is 359 g/mol. The number of hydrogen-bond acceptors (Lipinski definition) is 4. The highest BCUT2D eigenvalue weighted by Crippen LogP contribution is 2.19. The first-order valence-electron chi connectivity index (χ1n) is 9.61. The number of carbonyl (C=O) groups excluding carboxylic acids is 2. The molecule has 1 atom stereocenters. The van der Waals surface area contributed by atoms with Crippen molar-refractivity contribution in [3.05, 3.63) is 29.8 Å². The Balaban J connectivity index is 1.42. The highest BCUT2D eigenvalue weighted by molar-refractivity contribution is 5.80. The van der Waals surface area contributed by atoms with E-state index < -0.39 is 0 Å². The molecule has 6 nitrogen and oxygen atoms in total. The summed E-state index contributed by atoms with van der Waals surface area (Å²) in [7, 11) is 0. The van der Waals surface area contributed by atoms with Gasteiger partial charge in [-0.3, -0.25) is 9.59 Å². The van der Waals surface area contributed by atoms with Gasteiger partial charge in [0, 0.05) is 38.6 Å². The molecule has 0 aliphatic carbocycles. The van der Waals surface area contributed by atoms with Crippen LogP contribution >= 0.6 is 0 Å². The number of rotatable bonds is 6. The molecule has 1 unspecified atom stereocenters. The van der Waals surface area contributed by atoms with Gasteiger partial charge in [-0.15, -0.1) is 0 Å². The fraction of sp³-hybridized carbons (Fsp3) is 0.600. The van der Waals surface area contributed by atoms with E-state index in [1.54, 1.807) is 0 Å². The minimum Gasteiger partial charge on any atom is -0.493 e. The number of ether oxygens (including phenoxy) is 1. The fourth-order valence-corrected chi connectivity index (χ4v) is 3.72. The molecule has 142 valence electrons. The van der Waals surface area contributed by atoms with E-state index >= 15 is 0 Å². The van der Waals surface area contributed by atoms with Crippen molar-refractivity contribution >= 4 is 11.8 Å². The van der Waals surface area contributed by atoms with Gasteiger partial charge in [-0.1, -0.05) is 18.2 Å². The van der Waals surface area contributed by atoms with Crippen molar-refractivity contribution in [1.82, 2.24) is 15.1 Å². The van der Waals surface area contributed by atoms with Crippen molar-refractivity contribution in [2.24, 2.45) is 0 Å². The van der Waals surface area contributed by atoms with E-state index in [0.29, 0.717) is 32.5 Å². The molecule has 0 aromatic heterocycles. The minimum atomic E-state index is 0.155. The molecule has 2 fully saturated rings. The zero-order valence-corrected chi connectivity index (χ0v) is 15.6. The highest BCUT2D eigenvalue weighted by atomic mass is 16.5. The number of nitrogens with one attached hydrogen (secondary N) is 1. The second-order valence-electron chi connectivity index (χ2n) is 7.12. The molecule has 3 rings (SSSR count). The highest BCUT2D eigenvalue weighted by Gasteiger charge is 2.31. The summed E-state index contributed by atoms with van der Waals surface area (Å²) in [6.07, 6.45) is 3.16. The molecule has 2 aliphatic heterocycles. The van der Waals surface area contributed by atoms with E-state index in [9.17, 15) is 9.59 Å². The lowest BCUT2D eigenvalue weighted by molar-refractivity contribution is -0.140. The summed E-state index contributed by atoms with van der Waals surface area (Å²) in [5.41, 5.74) is 1.11. The lowest BCUT2D eigenvalue weighted by Crippen LogP contribution is -2.57. The third-order valence-corrected chi connectivity index (χ3v) is 5.20. The SMILES string of the molecule is Cc1ccccc1OCCCC(=O)N1CCCC(N2CCNCC2=O)C1. The van der Waals surface area contributed by atoms with Crippen LogP contribution in [0.2, 0.25) is 0 Å².